The van der Waals surface area contributed by atoms with Gasteiger partial charge in [-0.1, -0.05) is 20.8 Å². The molecule has 1 unspecified atom stereocenters. The first-order valence-corrected chi connectivity index (χ1v) is 6.33. The average molecular weight is 218 g/mol. The van der Waals surface area contributed by atoms with Crippen molar-refractivity contribution in [3.8, 4) is 6.07 Å². The van der Waals surface area contributed by atoms with Crippen molar-refractivity contribution in [1.82, 2.24) is 4.31 Å². The van der Waals surface area contributed by atoms with Crippen molar-refractivity contribution in [2.45, 2.75) is 33.2 Å². The first-order chi connectivity index (χ1) is 6.36. The molecule has 0 amide bonds. The van der Waals surface area contributed by atoms with E-state index < -0.39 is 16.1 Å². The summed E-state index contributed by atoms with van der Waals surface area (Å²) in [6.07, 6.45) is 0.572. The van der Waals surface area contributed by atoms with Crippen LogP contribution in [0.2, 0.25) is 0 Å². The molecule has 0 radical (unpaired) electrons. The number of nitrogens with zero attached hydrogens (tertiary/aromatic N) is 2. The highest BCUT2D eigenvalue weighted by Crippen LogP contribution is 2.13. The molecule has 4 nitrogen and oxygen atoms in total. The maximum Gasteiger partial charge on any atom is 0.215 e. The fourth-order valence-electron chi connectivity index (χ4n) is 1.23. The van der Waals surface area contributed by atoms with Gasteiger partial charge >= 0.3 is 0 Å². The number of hydrogen-bond acceptors (Lipinski definition) is 3. The maximum absolute atomic E-state index is 11.6. The van der Waals surface area contributed by atoms with E-state index in [0.717, 1.165) is 0 Å². The van der Waals surface area contributed by atoms with Crippen LogP contribution in [0.25, 0.3) is 0 Å². The second-order valence-electron chi connectivity index (χ2n) is 3.65. The van der Waals surface area contributed by atoms with Gasteiger partial charge in [-0.15, -0.1) is 0 Å². The van der Waals surface area contributed by atoms with Gasteiger partial charge in [-0.2, -0.15) is 9.57 Å². The van der Waals surface area contributed by atoms with Crippen LogP contribution in [-0.4, -0.2) is 31.6 Å². The summed E-state index contributed by atoms with van der Waals surface area (Å²) in [4.78, 5) is 0. The molecule has 0 bridgehead atoms. The van der Waals surface area contributed by atoms with Crippen molar-refractivity contribution >= 4 is 10.0 Å². The predicted molar refractivity (Wildman–Crippen MR) is 56.1 cm³/mol. The third-order valence-corrected chi connectivity index (χ3v) is 4.09. The first kappa shape index (κ1) is 13.4. The number of hydrogen-bond donors (Lipinski definition) is 0. The molecular weight excluding hydrogens is 200 g/mol. The van der Waals surface area contributed by atoms with Crippen LogP contribution in [0, 0.1) is 17.2 Å². The lowest BCUT2D eigenvalue weighted by Gasteiger charge is -2.24. The normalized spacial score (nSPS) is 14.4. The Bertz CT molecular complexity index is 303. The van der Waals surface area contributed by atoms with Gasteiger partial charge < -0.3 is 0 Å². The lowest BCUT2D eigenvalue weighted by atomic mass is 10.1. The molecule has 0 aliphatic rings. The van der Waals surface area contributed by atoms with Crippen molar-refractivity contribution in [2.75, 3.05) is 12.8 Å². The van der Waals surface area contributed by atoms with Crippen LogP contribution in [-0.2, 0) is 10.0 Å². The van der Waals surface area contributed by atoms with Crippen LogP contribution < -0.4 is 0 Å². The second-order valence-corrected chi connectivity index (χ2v) is 5.80. The van der Waals surface area contributed by atoms with Gasteiger partial charge in [0.1, 0.15) is 6.04 Å². The van der Waals surface area contributed by atoms with E-state index in [0.29, 0.717) is 6.42 Å². The molecule has 0 spiro atoms. The lowest BCUT2D eigenvalue weighted by Crippen LogP contribution is -2.40. The molecule has 0 aliphatic heterocycles. The molecule has 0 saturated heterocycles. The van der Waals surface area contributed by atoms with Gasteiger partial charge in [-0.3, -0.25) is 0 Å². The summed E-state index contributed by atoms with van der Waals surface area (Å²) in [6, 6.07) is 1.45. The van der Waals surface area contributed by atoms with Crippen LogP contribution in [0.15, 0.2) is 0 Å². The molecular formula is C9H18N2O2S. The fraction of sp³-hybridized carbons (Fsp3) is 0.889. The highest BCUT2D eigenvalue weighted by atomic mass is 32.2. The summed E-state index contributed by atoms with van der Waals surface area (Å²) < 4.78 is 24.4. The third kappa shape index (κ3) is 3.28. The van der Waals surface area contributed by atoms with Gasteiger partial charge in [0.05, 0.1) is 11.8 Å². The van der Waals surface area contributed by atoms with Crippen molar-refractivity contribution in [3.05, 3.63) is 0 Å². The lowest BCUT2D eigenvalue weighted by molar-refractivity contribution is 0.353. The quantitative estimate of drug-likeness (QED) is 0.696. The molecule has 82 valence electrons. The van der Waals surface area contributed by atoms with Gasteiger partial charge in [0.15, 0.2) is 0 Å². The zero-order chi connectivity index (χ0) is 11.4. The van der Waals surface area contributed by atoms with E-state index in [1.54, 1.807) is 0 Å². The van der Waals surface area contributed by atoms with Crippen LogP contribution >= 0.6 is 0 Å². The Balaban J connectivity index is 4.77. The van der Waals surface area contributed by atoms with E-state index in [-0.39, 0.29) is 11.7 Å². The van der Waals surface area contributed by atoms with Crippen LogP contribution in [0.1, 0.15) is 27.2 Å². The Morgan fingerprint density at radius 3 is 2.21 bits per heavy atom. The maximum atomic E-state index is 11.6. The molecule has 0 N–H and O–H groups in total. The van der Waals surface area contributed by atoms with E-state index in [4.69, 9.17) is 5.26 Å². The molecule has 14 heavy (non-hydrogen) atoms. The highest BCUT2D eigenvalue weighted by molar-refractivity contribution is 7.89. The summed E-state index contributed by atoms with van der Waals surface area (Å²) in [5.74, 6) is 0.116. The van der Waals surface area contributed by atoms with Crippen LogP contribution in [0.3, 0.4) is 0 Å². The van der Waals surface area contributed by atoms with Gasteiger partial charge in [0, 0.05) is 7.05 Å². The standard InChI is InChI=1S/C9H18N2O2S/c1-5-6-14(12,13)11(4)9(7-10)8(2)3/h8-9H,5-6H2,1-4H3. The third-order valence-electron chi connectivity index (χ3n) is 2.06. The Labute approximate surface area is 86.6 Å². The van der Waals surface area contributed by atoms with Crippen LogP contribution in [0.4, 0.5) is 0 Å². The predicted octanol–water partition coefficient (Wildman–Crippen LogP) is 1.21. The zero-order valence-electron chi connectivity index (χ0n) is 9.19. The molecule has 0 rings (SSSR count). The van der Waals surface area contributed by atoms with E-state index in [1.165, 1.54) is 11.4 Å². The number of nitriles is 1. The minimum atomic E-state index is -3.26. The minimum absolute atomic E-state index is 0.0108. The van der Waals surface area contributed by atoms with Crippen molar-refractivity contribution in [2.24, 2.45) is 5.92 Å². The molecule has 0 aromatic rings. The molecule has 0 aromatic carbocycles. The topological polar surface area (TPSA) is 61.2 Å². The SMILES string of the molecule is CCCS(=O)(=O)N(C)C(C#N)C(C)C. The Kier molecular flexibility index (Phi) is 5.09. The Morgan fingerprint density at radius 1 is 1.43 bits per heavy atom. The highest BCUT2D eigenvalue weighted by Gasteiger charge is 2.27. The summed E-state index contributed by atoms with van der Waals surface area (Å²) in [5.41, 5.74) is 0. The second kappa shape index (κ2) is 5.32. The molecule has 5 heteroatoms. The van der Waals surface area contributed by atoms with Crippen molar-refractivity contribution in [3.63, 3.8) is 0 Å². The van der Waals surface area contributed by atoms with Gasteiger partial charge in [0.2, 0.25) is 10.0 Å². The first-order valence-electron chi connectivity index (χ1n) is 4.72. The molecule has 1 atom stereocenters. The van der Waals surface area contributed by atoms with Gasteiger partial charge in [0.25, 0.3) is 0 Å². The van der Waals surface area contributed by atoms with E-state index in [2.05, 4.69) is 0 Å². The average Bonchev–Trinajstić information content (AvgIpc) is 2.04. The smallest absolute Gasteiger partial charge is 0.212 e. The van der Waals surface area contributed by atoms with E-state index in [1.807, 2.05) is 26.8 Å². The summed E-state index contributed by atoms with van der Waals surface area (Å²) in [6.45, 7) is 5.49. The molecule has 0 fully saturated rings. The van der Waals surface area contributed by atoms with Crippen LogP contribution in [0.5, 0.6) is 0 Å². The molecule has 0 aliphatic carbocycles. The molecule has 0 heterocycles. The Hall–Kier alpha value is -0.600. The summed E-state index contributed by atoms with van der Waals surface area (Å²) in [5, 5.41) is 8.84. The molecule has 0 aromatic heterocycles. The van der Waals surface area contributed by atoms with Gasteiger partial charge in [-0.05, 0) is 12.3 Å². The fourth-order valence-corrected chi connectivity index (χ4v) is 2.67. The molecule has 0 saturated carbocycles. The summed E-state index contributed by atoms with van der Waals surface area (Å²) in [7, 11) is -1.78. The van der Waals surface area contributed by atoms with E-state index >= 15 is 0 Å². The largest absolute Gasteiger partial charge is 0.215 e. The number of rotatable bonds is 5. The monoisotopic (exact) mass is 218 g/mol. The number of sulfonamides is 1. The van der Waals surface area contributed by atoms with Crippen molar-refractivity contribution < 1.29 is 8.42 Å². The zero-order valence-corrected chi connectivity index (χ0v) is 10.0. The summed E-state index contributed by atoms with van der Waals surface area (Å²) >= 11 is 0. The Morgan fingerprint density at radius 2 is 1.93 bits per heavy atom. The van der Waals surface area contributed by atoms with Gasteiger partial charge in [-0.25, -0.2) is 8.42 Å². The van der Waals surface area contributed by atoms with E-state index in [9.17, 15) is 8.42 Å². The van der Waals surface area contributed by atoms with Crippen molar-refractivity contribution in [1.29, 1.82) is 5.26 Å². The minimum Gasteiger partial charge on any atom is -0.212 e.